The van der Waals surface area contributed by atoms with E-state index in [1.807, 2.05) is 38.1 Å². The molecule has 0 saturated carbocycles. The topological polar surface area (TPSA) is 86.3 Å². The number of hydrogen-bond donors (Lipinski definition) is 1. The standard InChI is InChI=1S/C21H24ClN5O2S/c1-14-4-6-16(7-5-14)19-24-25-21(27(19)23)30-15(2)20(28)26(3)12-13-29-18-10-8-17(22)9-11-18/h4-11,15H,12-13,23H2,1-3H3. The number of aromatic nitrogens is 3. The predicted octanol–water partition coefficient (Wildman–Crippen LogP) is 3.64. The molecule has 2 aromatic carbocycles. The number of thioether (sulfide) groups is 1. The number of halogens is 1. The van der Waals surface area contributed by atoms with Crippen molar-refractivity contribution in [1.82, 2.24) is 19.8 Å². The molecule has 158 valence electrons. The Morgan fingerprint density at radius 3 is 2.53 bits per heavy atom. The van der Waals surface area contributed by atoms with Gasteiger partial charge in [-0.15, -0.1) is 10.2 Å². The van der Waals surface area contributed by atoms with E-state index in [9.17, 15) is 4.79 Å². The average molecular weight is 446 g/mol. The molecule has 1 unspecified atom stereocenters. The third-order valence-electron chi connectivity index (χ3n) is 4.49. The Morgan fingerprint density at radius 1 is 1.20 bits per heavy atom. The summed E-state index contributed by atoms with van der Waals surface area (Å²) in [5.41, 5.74) is 2.02. The molecule has 0 aliphatic heterocycles. The maximum Gasteiger partial charge on any atom is 0.235 e. The molecule has 9 heteroatoms. The van der Waals surface area contributed by atoms with Crippen molar-refractivity contribution in [2.45, 2.75) is 24.3 Å². The summed E-state index contributed by atoms with van der Waals surface area (Å²) in [6.07, 6.45) is 0. The third-order valence-corrected chi connectivity index (χ3v) is 5.79. The largest absolute Gasteiger partial charge is 0.492 e. The van der Waals surface area contributed by atoms with Crippen LogP contribution >= 0.6 is 23.4 Å². The SMILES string of the molecule is Cc1ccc(-c2nnc(SC(C)C(=O)N(C)CCOc3ccc(Cl)cc3)n2N)cc1. The summed E-state index contributed by atoms with van der Waals surface area (Å²) in [5, 5.41) is 9.09. The Bertz CT molecular complexity index is 992. The molecule has 30 heavy (non-hydrogen) atoms. The van der Waals surface area contributed by atoms with Crippen molar-refractivity contribution in [3.8, 4) is 17.1 Å². The van der Waals surface area contributed by atoms with Gasteiger partial charge in [0.15, 0.2) is 5.82 Å². The molecule has 0 radical (unpaired) electrons. The highest BCUT2D eigenvalue weighted by atomic mass is 35.5. The van der Waals surface area contributed by atoms with Crippen molar-refractivity contribution in [3.63, 3.8) is 0 Å². The number of hydrogen-bond acceptors (Lipinski definition) is 6. The third kappa shape index (κ3) is 5.46. The van der Waals surface area contributed by atoms with Crippen molar-refractivity contribution < 1.29 is 9.53 Å². The minimum atomic E-state index is -0.372. The van der Waals surface area contributed by atoms with Crippen LogP contribution < -0.4 is 10.6 Å². The van der Waals surface area contributed by atoms with E-state index in [0.29, 0.717) is 34.9 Å². The first-order valence-corrected chi connectivity index (χ1v) is 10.7. The second kappa shape index (κ2) is 9.86. The second-order valence-electron chi connectivity index (χ2n) is 6.86. The van der Waals surface area contributed by atoms with Gasteiger partial charge >= 0.3 is 0 Å². The summed E-state index contributed by atoms with van der Waals surface area (Å²) >= 11 is 7.14. The quantitative estimate of drug-likeness (QED) is 0.421. The predicted molar refractivity (Wildman–Crippen MR) is 120 cm³/mol. The summed E-state index contributed by atoms with van der Waals surface area (Å²) < 4.78 is 7.07. The highest BCUT2D eigenvalue weighted by Gasteiger charge is 2.22. The summed E-state index contributed by atoms with van der Waals surface area (Å²) in [5.74, 6) is 7.40. The van der Waals surface area contributed by atoms with Gasteiger partial charge < -0.3 is 15.5 Å². The van der Waals surface area contributed by atoms with Gasteiger partial charge in [0.05, 0.1) is 11.8 Å². The van der Waals surface area contributed by atoms with Crippen LogP contribution in [-0.4, -0.2) is 51.1 Å². The number of carbonyl (C=O) groups excluding carboxylic acids is 1. The number of nitrogen functional groups attached to an aromatic ring is 1. The number of likely N-dealkylation sites (N-methyl/N-ethyl adjacent to an activating group) is 1. The fraction of sp³-hybridized carbons (Fsp3) is 0.286. The van der Waals surface area contributed by atoms with E-state index in [1.165, 1.54) is 16.4 Å². The van der Waals surface area contributed by atoms with Crippen molar-refractivity contribution in [2.75, 3.05) is 26.0 Å². The molecular weight excluding hydrogens is 422 g/mol. The van der Waals surface area contributed by atoms with Crippen molar-refractivity contribution in [1.29, 1.82) is 0 Å². The molecule has 3 rings (SSSR count). The van der Waals surface area contributed by atoms with Crippen LogP contribution in [0.1, 0.15) is 12.5 Å². The van der Waals surface area contributed by atoms with Crippen LogP contribution in [0.4, 0.5) is 0 Å². The molecule has 1 aromatic heterocycles. The molecule has 7 nitrogen and oxygen atoms in total. The number of aryl methyl sites for hydroxylation is 1. The lowest BCUT2D eigenvalue weighted by Crippen LogP contribution is -2.36. The number of rotatable bonds is 8. The molecule has 1 heterocycles. The average Bonchev–Trinajstić information content (AvgIpc) is 3.09. The van der Waals surface area contributed by atoms with Gasteiger partial charge in [-0.05, 0) is 38.1 Å². The normalized spacial score (nSPS) is 11.9. The number of nitrogens with two attached hydrogens (primary N) is 1. The molecule has 0 aliphatic carbocycles. The van der Waals surface area contributed by atoms with Crippen LogP contribution in [-0.2, 0) is 4.79 Å². The fourth-order valence-corrected chi connectivity index (χ4v) is 3.73. The van der Waals surface area contributed by atoms with E-state index < -0.39 is 0 Å². The lowest BCUT2D eigenvalue weighted by atomic mass is 10.1. The van der Waals surface area contributed by atoms with E-state index >= 15 is 0 Å². The van der Waals surface area contributed by atoms with Gasteiger partial charge in [0.1, 0.15) is 12.4 Å². The molecule has 0 saturated heterocycles. The molecule has 2 N–H and O–H groups in total. The van der Waals surface area contributed by atoms with E-state index in [-0.39, 0.29) is 11.2 Å². The van der Waals surface area contributed by atoms with E-state index in [1.54, 1.807) is 36.2 Å². The first kappa shape index (κ1) is 22.0. The van der Waals surface area contributed by atoms with Crippen molar-refractivity contribution >= 4 is 29.3 Å². The maximum absolute atomic E-state index is 12.7. The highest BCUT2D eigenvalue weighted by Crippen LogP contribution is 2.25. The summed E-state index contributed by atoms with van der Waals surface area (Å²) in [6.45, 7) is 4.68. The van der Waals surface area contributed by atoms with Gasteiger partial charge in [-0.25, -0.2) is 4.68 Å². The summed E-state index contributed by atoms with van der Waals surface area (Å²) in [4.78, 5) is 14.3. The Labute approximate surface area is 185 Å². The zero-order chi connectivity index (χ0) is 21.7. The lowest BCUT2D eigenvalue weighted by Gasteiger charge is -2.21. The molecule has 0 aliphatic rings. The zero-order valence-electron chi connectivity index (χ0n) is 17.1. The molecule has 1 amide bonds. The zero-order valence-corrected chi connectivity index (χ0v) is 18.7. The summed E-state index contributed by atoms with van der Waals surface area (Å²) in [7, 11) is 1.75. The smallest absolute Gasteiger partial charge is 0.235 e. The molecule has 0 bridgehead atoms. The summed E-state index contributed by atoms with van der Waals surface area (Å²) in [6, 6.07) is 15.0. The Balaban J connectivity index is 1.54. The van der Waals surface area contributed by atoms with E-state index in [0.717, 1.165) is 11.1 Å². The van der Waals surface area contributed by atoms with Gasteiger partial charge in [0.25, 0.3) is 0 Å². The van der Waals surface area contributed by atoms with Gasteiger partial charge in [-0.2, -0.15) is 0 Å². The highest BCUT2D eigenvalue weighted by molar-refractivity contribution is 8.00. The van der Waals surface area contributed by atoms with Crippen LogP contribution in [0.5, 0.6) is 5.75 Å². The van der Waals surface area contributed by atoms with Gasteiger partial charge in [-0.3, -0.25) is 4.79 Å². The second-order valence-corrected chi connectivity index (χ2v) is 8.61. The maximum atomic E-state index is 12.7. The number of benzene rings is 2. The number of nitrogens with zero attached hydrogens (tertiary/aromatic N) is 4. The van der Waals surface area contributed by atoms with Crippen molar-refractivity contribution in [2.24, 2.45) is 0 Å². The van der Waals surface area contributed by atoms with E-state index in [4.69, 9.17) is 22.2 Å². The van der Waals surface area contributed by atoms with Crippen LogP contribution in [0.2, 0.25) is 5.02 Å². The van der Waals surface area contributed by atoms with Crippen LogP contribution in [0, 0.1) is 6.92 Å². The number of amides is 1. The van der Waals surface area contributed by atoms with Gasteiger partial charge in [0, 0.05) is 17.6 Å². The van der Waals surface area contributed by atoms with E-state index in [2.05, 4.69) is 10.2 Å². The molecular formula is C21H24ClN5O2S. The minimum Gasteiger partial charge on any atom is -0.492 e. The molecule has 3 aromatic rings. The van der Waals surface area contributed by atoms with Crippen LogP contribution in [0.3, 0.4) is 0 Å². The molecule has 0 spiro atoms. The van der Waals surface area contributed by atoms with Crippen LogP contribution in [0.15, 0.2) is 53.7 Å². The minimum absolute atomic E-state index is 0.0420. The Kier molecular flexibility index (Phi) is 7.23. The Morgan fingerprint density at radius 2 is 1.87 bits per heavy atom. The first-order chi connectivity index (χ1) is 14.3. The van der Waals surface area contributed by atoms with Crippen molar-refractivity contribution in [3.05, 3.63) is 59.1 Å². The number of carbonyl (C=O) groups is 1. The van der Waals surface area contributed by atoms with Gasteiger partial charge in [0.2, 0.25) is 11.1 Å². The van der Waals surface area contributed by atoms with Crippen LogP contribution in [0.25, 0.3) is 11.4 Å². The molecule has 0 fully saturated rings. The first-order valence-electron chi connectivity index (χ1n) is 9.42. The Hall–Kier alpha value is -2.71. The van der Waals surface area contributed by atoms with Gasteiger partial charge in [-0.1, -0.05) is 53.2 Å². The monoisotopic (exact) mass is 445 g/mol. The molecule has 1 atom stereocenters. The lowest BCUT2D eigenvalue weighted by molar-refractivity contribution is -0.129. The number of ether oxygens (including phenoxy) is 1. The fourth-order valence-electron chi connectivity index (χ4n) is 2.72.